The van der Waals surface area contributed by atoms with Crippen LogP contribution in [0.15, 0.2) is 42.5 Å². The van der Waals surface area contributed by atoms with Gasteiger partial charge in [-0.2, -0.15) is 0 Å². The molecule has 0 aliphatic heterocycles. The van der Waals surface area contributed by atoms with E-state index in [1.807, 2.05) is 18.2 Å². The number of aryl methyl sites for hydroxylation is 1. The van der Waals surface area contributed by atoms with Gasteiger partial charge in [0.15, 0.2) is 0 Å². The van der Waals surface area contributed by atoms with E-state index in [1.165, 1.54) is 11.1 Å². The molecule has 2 rings (SSSR count). The fourth-order valence-electron chi connectivity index (χ4n) is 2.59. The summed E-state index contributed by atoms with van der Waals surface area (Å²) in [5.41, 5.74) is 3.74. The van der Waals surface area contributed by atoms with Gasteiger partial charge in [-0.3, -0.25) is 0 Å². The second-order valence-electron chi connectivity index (χ2n) is 5.39. The summed E-state index contributed by atoms with van der Waals surface area (Å²) in [6.07, 6.45) is 1.86. The SMILES string of the molecule is CCNC(Cc1cccc(C)c1)Cc1cc(Cl)ccc1Cl. The van der Waals surface area contributed by atoms with Crippen LogP contribution in [-0.4, -0.2) is 12.6 Å². The van der Waals surface area contributed by atoms with Crippen LogP contribution in [-0.2, 0) is 12.8 Å². The largest absolute Gasteiger partial charge is 0.314 e. The average molecular weight is 322 g/mol. The van der Waals surface area contributed by atoms with Crippen molar-refractivity contribution in [3.63, 3.8) is 0 Å². The van der Waals surface area contributed by atoms with E-state index in [-0.39, 0.29) is 0 Å². The number of hydrogen-bond acceptors (Lipinski definition) is 1. The Bertz CT molecular complexity index is 596. The predicted molar refractivity (Wildman–Crippen MR) is 92.5 cm³/mol. The van der Waals surface area contributed by atoms with Crippen LogP contribution in [0.4, 0.5) is 0 Å². The highest BCUT2D eigenvalue weighted by molar-refractivity contribution is 6.33. The van der Waals surface area contributed by atoms with E-state index in [0.29, 0.717) is 6.04 Å². The van der Waals surface area contributed by atoms with Gasteiger partial charge in [0, 0.05) is 16.1 Å². The Balaban J connectivity index is 2.13. The number of likely N-dealkylation sites (N-methyl/N-ethyl adjacent to an activating group) is 1. The van der Waals surface area contributed by atoms with Crippen LogP contribution >= 0.6 is 23.2 Å². The highest BCUT2D eigenvalue weighted by Gasteiger charge is 2.12. The van der Waals surface area contributed by atoms with E-state index < -0.39 is 0 Å². The van der Waals surface area contributed by atoms with Gasteiger partial charge in [-0.15, -0.1) is 0 Å². The van der Waals surface area contributed by atoms with E-state index in [4.69, 9.17) is 23.2 Å². The minimum atomic E-state index is 0.354. The normalized spacial score (nSPS) is 12.4. The summed E-state index contributed by atoms with van der Waals surface area (Å²) in [6.45, 7) is 5.19. The predicted octanol–water partition coefficient (Wildman–Crippen LogP) is 5.07. The van der Waals surface area contributed by atoms with Crippen molar-refractivity contribution in [2.75, 3.05) is 6.54 Å². The molecule has 112 valence electrons. The van der Waals surface area contributed by atoms with Crippen molar-refractivity contribution in [3.05, 3.63) is 69.2 Å². The van der Waals surface area contributed by atoms with Crippen molar-refractivity contribution in [1.82, 2.24) is 5.32 Å². The molecule has 0 aliphatic carbocycles. The monoisotopic (exact) mass is 321 g/mol. The Morgan fingerprint density at radius 1 is 1.05 bits per heavy atom. The number of halogens is 2. The second kappa shape index (κ2) is 7.84. The molecular weight excluding hydrogens is 301 g/mol. The fourth-order valence-corrected chi connectivity index (χ4v) is 2.98. The molecule has 2 aromatic carbocycles. The molecule has 21 heavy (non-hydrogen) atoms. The second-order valence-corrected chi connectivity index (χ2v) is 6.23. The lowest BCUT2D eigenvalue weighted by Crippen LogP contribution is -2.33. The lowest BCUT2D eigenvalue weighted by atomic mass is 9.98. The molecule has 0 fully saturated rings. The van der Waals surface area contributed by atoms with Gasteiger partial charge in [0.05, 0.1) is 0 Å². The van der Waals surface area contributed by atoms with Crippen molar-refractivity contribution in [1.29, 1.82) is 0 Å². The minimum Gasteiger partial charge on any atom is -0.314 e. The lowest BCUT2D eigenvalue weighted by molar-refractivity contribution is 0.521. The minimum absolute atomic E-state index is 0.354. The first-order valence-corrected chi connectivity index (χ1v) is 8.07. The van der Waals surface area contributed by atoms with Gasteiger partial charge in [-0.05, 0) is 55.6 Å². The molecular formula is C18H21Cl2N. The maximum Gasteiger partial charge on any atom is 0.0439 e. The highest BCUT2D eigenvalue weighted by Crippen LogP contribution is 2.22. The van der Waals surface area contributed by atoms with Gasteiger partial charge >= 0.3 is 0 Å². The molecule has 1 atom stereocenters. The molecule has 0 saturated heterocycles. The van der Waals surface area contributed by atoms with Crippen LogP contribution in [0.2, 0.25) is 10.0 Å². The summed E-state index contributed by atoms with van der Waals surface area (Å²) in [7, 11) is 0. The van der Waals surface area contributed by atoms with E-state index >= 15 is 0 Å². The van der Waals surface area contributed by atoms with Gasteiger partial charge in [0.25, 0.3) is 0 Å². The summed E-state index contributed by atoms with van der Waals surface area (Å²) in [5, 5.41) is 5.06. The van der Waals surface area contributed by atoms with E-state index in [1.54, 1.807) is 0 Å². The van der Waals surface area contributed by atoms with Crippen LogP contribution in [0.3, 0.4) is 0 Å². The Hall–Kier alpha value is -1.02. The third-order valence-electron chi connectivity index (χ3n) is 3.53. The van der Waals surface area contributed by atoms with Crippen LogP contribution in [0.1, 0.15) is 23.6 Å². The maximum atomic E-state index is 6.28. The molecule has 0 spiro atoms. The van der Waals surface area contributed by atoms with Crippen LogP contribution in [0.5, 0.6) is 0 Å². The van der Waals surface area contributed by atoms with Gasteiger partial charge < -0.3 is 5.32 Å². The zero-order valence-corrected chi connectivity index (χ0v) is 14.0. The summed E-state index contributed by atoms with van der Waals surface area (Å²) in [5.74, 6) is 0. The van der Waals surface area contributed by atoms with Crippen LogP contribution in [0.25, 0.3) is 0 Å². The molecule has 0 heterocycles. The quantitative estimate of drug-likeness (QED) is 0.783. The van der Waals surface area contributed by atoms with Crippen LogP contribution < -0.4 is 5.32 Å². The van der Waals surface area contributed by atoms with Crippen LogP contribution in [0, 0.1) is 6.92 Å². The maximum absolute atomic E-state index is 6.28. The van der Waals surface area contributed by atoms with Gasteiger partial charge in [0.2, 0.25) is 0 Å². The lowest BCUT2D eigenvalue weighted by Gasteiger charge is -2.19. The Morgan fingerprint density at radius 2 is 1.86 bits per heavy atom. The summed E-state index contributed by atoms with van der Waals surface area (Å²) in [4.78, 5) is 0. The topological polar surface area (TPSA) is 12.0 Å². The van der Waals surface area contributed by atoms with E-state index in [0.717, 1.165) is 35.0 Å². The van der Waals surface area contributed by atoms with E-state index in [9.17, 15) is 0 Å². The first-order chi connectivity index (χ1) is 10.1. The molecule has 0 amide bonds. The first-order valence-electron chi connectivity index (χ1n) is 7.31. The zero-order valence-electron chi connectivity index (χ0n) is 12.5. The Labute approximate surface area is 137 Å². The van der Waals surface area contributed by atoms with Gasteiger partial charge in [0.1, 0.15) is 0 Å². The number of hydrogen-bond donors (Lipinski definition) is 1. The summed E-state index contributed by atoms with van der Waals surface area (Å²) in [6, 6.07) is 14.7. The molecule has 3 heteroatoms. The van der Waals surface area contributed by atoms with Crippen molar-refractivity contribution in [3.8, 4) is 0 Å². The Kier molecular flexibility index (Phi) is 6.10. The van der Waals surface area contributed by atoms with Crippen molar-refractivity contribution in [2.45, 2.75) is 32.7 Å². The first kappa shape index (κ1) is 16.4. The zero-order chi connectivity index (χ0) is 15.2. The Morgan fingerprint density at radius 3 is 2.57 bits per heavy atom. The van der Waals surface area contributed by atoms with Crippen molar-refractivity contribution < 1.29 is 0 Å². The highest BCUT2D eigenvalue weighted by atomic mass is 35.5. The molecule has 0 saturated carbocycles. The van der Waals surface area contributed by atoms with Gasteiger partial charge in [-0.1, -0.05) is 60.0 Å². The molecule has 2 aromatic rings. The molecule has 0 bridgehead atoms. The average Bonchev–Trinajstić information content (AvgIpc) is 2.43. The molecule has 0 aromatic heterocycles. The van der Waals surface area contributed by atoms with E-state index in [2.05, 4.69) is 43.4 Å². The summed E-state index contributed by atoms with van der Waals surface area (Å²) >= 11 is 12.4. The fraction of sp³-hybridized carbons (Fsp3) is 0.333. The van der Waals surface area contributed by atoms with Crippen molar-refractivity contribution >= 4 is 23.2 Å². The van der Waals surface area contributed by atoms with Gasteiger partial charge in [-0.25, -0.2) is 0 Å². The number of rotatable bonds is 6. The molecule has 0 radical (unpaired) electrons. The summed E-state index contributed by atoms with van der Waals surface area (Å²) < 4.78 is 0. The standard InChI is InChI=1S/C18H21Cl2N/c1-3-21-17(10-14-6-4-5-13(2)9-14)12-15-11-16(19)7-8-18(15)20/h4-9,11,17,21H,3,10,12H2,1-2H3. The third-order valence-corrected chi connectivity index (χ3v) is 4.14. The molecule has 1 N–H and O–H groups in total. The smallest absolute Gasteiger partial charge is 0.0439 e. The number of benzene rings is 2. The number of nitrogens with one attached hydrogen (secondary N) is 1. The third kappa shape index (κ3) is 5.03. The molecule has 0 aliphatic rings. The molecule has 1 unspecified atom stereocenters. The molecule has 1 nitrogen and oxygen atoms in total. The van der Waals surface area contributed by atoms with Crippen molar-refractivity contribution in [2.24, 2.45) is 0 Å².